The van der Waals surface area contributed by atoms with E-state index in [1.807, 2.05) is 18.2 Å². The largest absolute Gasteiger partial charge is 0.348 e. The number of carbonyl (C=O) groups excluding carboxylic acids is 2. The molecule has 2 amide bonds. The van der Waals surface area contributed by atoms with Crippen LogP contribution in [0.1, 0.15) is 35.7 Å². The fourth-order valence-corrected chi connectivity index (χ4v) is 3.18. The number of anilines is 1. The Morgan fingerprint density at radius 2 is 1.96 bits per heavy atom. The van der Waals surface area contributed by atoms with Gasteiger partial charge in [-0.05, 0) is 50.1 Å². The third-order valence-corrected chi connectivity index (χ3v) is 4.60. The van der Waals surface area contributed by atoms with Crippen LogP contribution in [0.15, 0.2) is 48.8 Å². The van der Waals surface area contributed by atoms with Crippen molar-refractivity contribution in [2.24, 2.45) is 5.92 Å². The van der Waals surface area contributed by atoms with Crippen molar-refractivity contribution < 1.29 is 9.59 Å². The molecule has 2 heterocycles. The topological polar surface area (TPSA) is 83.1 Å². The molecule has 0 aliphatic carbocycles. The standard InChI is InChI=1S/C20H24N4O2.2ClH/c1-14-11-16(8-10-22-14)19(25)24-18-7-3-2-6-17(18)20(26)23-13-15-5-4-9-21-12-15;;/h2-7,9,12,14,16,22H,8,10-11,13H2,1H3,(H,23,26)(H,24,25);2*1H/t14-,16-;;/m0../s1. The Labute approximate surface area is 177 Å². The second-order valence-corrected chi connectivity index (χ2v) is 6.66. The first kappa shape index (κ1) is 23.9. The number of aromatic nitrogens is 1. The molecule has 1 fully saturated rings. The van der Waals surface area contributed by atoms with Gasteiger partial charge in [-0.1, -0.05) is 18.2 Å². The molecule has 3 N–H and O–H groups in total. The van der Waals surface area contributed by atoms with Crippen LogP contribution < -0.4 is 16.0 Å². The molecule has 1 saturated heterocycles. The van der Waals surface area contributed by atoms with Crippen LogP contribution in [0.4, 0.5) is 5.69 Å². The predicted molar refractivity (Wildman–Crippen MR) is 115 cm³/mol. The van der Waals surface area contributed by atoms with Crippen LogP contribution >= 0.6 is 24.8 Å². The van der Waals surface area contributed by atoms with Crippen molar-refractivity contribution in [3.05, 3.63) is 59.9 Å². The Morgan fingerprint density at radius 1 is 1.18 bits per heavy atom. The van der Waals surface area contributed by atoms with Gasteiger partial charge in [0.25, 0.3) is 5.91 Å². The smallest absolute Gasteiger partial charge is 0.253 e. The van der Waals surface area contributed by atoms with Gasteiger partial charge in [0, 0.05) is 30.9 Å². The lowest BCUT2D eigenvalue weighted by molar-refractivity contribution is -0.120. The molecular weight excluding hydrogens is 399 g/mol. The highest BCUT2D eigenvalue weighted by Gasteiger charge is 2.25. The summed E-state index contributed by atoms with van der Waals surface area (Å²) in [6.07, 6.45) is 5.02. The molecular formula is C20H26Cl2N4O2. The van der Waals surface area contributed by atoms with E-state index in [1.165, 1.54) is 0 Å². The Morgan fingerprint density at radius 3 is 2.68 bits per heavy atom. The van der Waals surface area contributed by atoms with Gasteiger partial charge < -0.3 is 16.0 Å². The monoisotopic (exact) mass is 424 g/mol. The molecule has 152 valence electrons. The number of benzene rings is 1. The Hall–Kier alpha value is -2.15. The van der Waals surface area contributed by atoms with Crippen molar-refractivity contribution >= 4 is 42.3 Å². The van der Waals surface area contributed by atoms with E-state index in [0.717, 1.165) is 24.9 Å². The van der Waals surface area contributed by atoms with Crippen LogP contribution in [0.25, 0.3) is 0 Å². The number of hydrogen-bond donors (Lipinski definition) is 3. The highest BCUT2D eigenvalue weighted by Crippen LogP contribution is 2.21. The number of pyridine rings is 1. The van der Waals surface area contributed by atoms with Gasteiger partial charge in [0.1, 0.15) is 0 Å². The van der Waals surface area contributed by atoms with E-state index in [0.29, 0.717) is 23.8 Å². The summed E-state index contributed by atoms with van der Waals surface area (Å²) in [5, 5.41) is 9.16. The van der Waals surface area contributed by atoms with Crippen LogP contribution in [0.5, 0.6) is 0 Å². The normalized spacial score (nSPS) is 18.2. The lowest BCUT2D eigenvalue weighted by atomic mass is 9.92. The van der Waals surface area contributed by atoms with E-state index in [1.54, 1.807) is 30.6 Å². The molecule has 0 saturated carbocycles. The quantitative estimate of drug-likeness (QED) is 0.687. The highest BCUT2D eigenvalue weighted by atomic mass is 35.5. The number of nitrogens with zero attached hydrogens (tertiary/aromatic N) is 1. The van der Waals surface area contributed by atoms with E-state index >= 15 is 0 Å². The van der Waals surface area contributed by atoms with Gasteiger partial charge >= 0.3 is 0 Å². The summed E-state index contributed by atoms with van der Waals surface area (Å²) in [6, 6.07) is 11.2. The molecule has 0 radical (unpaired) electrons. The molecule has 0 spiro atoms. The summed E-state index contributed by atoms with van der Waals surface area (Å²) in [5.41, 5.74) is 1.94. The molecule has 1 aromatic carbocycles. The van der Waals surface area contributed by atoms with Gasteiger partial charge in [-0.3, -0.25) is 14.6 Å². The van der Waals surface area contributed by atoms with Crippen LogP contribution in [0.2, 0.25) is 0 Å². The summed E-state index contributed by atoms with van der Waals surface area (Å²) in [7, 11) is 0. The van der Waals surface area contributed by atoms with Crippen LogP contribution in [-0.2, 0) is 11.3 Å². The van der Waals surface area contributed by atoms with Gasteiger partial charge in [0.2, 0.25) is 5.91 Å². The molecule has 0 bridgehead atoms. The first-order chi connectivity index (χ1) is 12.6. The summed E-state index contributed by atoms with van der Waals surface area (Å²) in [5.74, 6) is -0.271. The zero-order valence-electron chi connectivity index (χ0n) is 15.7. The Balaban J connectivity index is 0.00000196. The van der Waals surface area contributed by atoms with Crippen molar-refractivity contribution in [2.45, 2.75) is 32.4 Å². The third-order valence-electron chi connectivity index (χ3n) is 4.60. The summed E-state index contributed by atoms with van der Waals surface area (Å²) in [4.78, 5) is 29.2. The minimum Gasteiger partial charge on any atom is -0.348 e. The lowest BCUT2D eigenvalue weighted by Gasteiger charge is -2.27. The molecule has 2 aromatic rings. The maximum absolute atomic E-state index is 12.6. The number of nitrogens with one attached hydrogen (secondary N) is 3. The number of rotatable bonds is 5. The summed E-state index contributed by atoms with van der Waals surface area (Å²) >= 11 is 0. The number of carbonyl (C=O) groups is 2. The molecule has 1 aliphatic rings. The molecule has 0 unspecified atom stereocenters. The number of halogens is 2. The van der Waals surface area contributed by atoms with Crippen molar-refractivity contribution in [1.29, 1.82) is 0 Å². The van der Waals surface area contributed by atoms with E-state index in [4.69, 9.17) is 0 Å². The fraction of sp³-hybridized carbons (Fsp3) is 0.350. The molecule has 1 aromatic heterocycles. The van der Waals surface area contributed by atoms with Crippen LogP contribution in [-0.4, -0.2) is 29.4 Å². The molecule has 28 heavy (non-hydrogen) atoms. The zero-order chi connectivity index (χ0) is 18.4. The molecule has 1 aliphatic heterocycles. The van der Waals surface area contributed by atoms with Crippen molar-refractivity contribution in [2.75, 3.05) is 11.9 Å². The Kier molecular flexibility index (Phi) is 9.93. The van der Waals surface area contributed by atoms with Crippen LogP contribution in [0.3, 0.4) is 0 Å². The molecule has 3 rings (SSSR count). The van der Waals surface area contributed by atoms with E-state index in [-0.39, 0.29) is 42.5 Å². The average molecular weight is 425 g/mol. The maximum Gasteiger partial charge on any atom is 0.253 e. The minimum atomic E-state index is -0.219. The van der Waals surface area contributed by atoms with Crippen molar-refractivity contribution in [3.8, 4) is 0 Å². The van der Waals surface area contributed by atoms with Crippen molar-refractivity contribution in [3.63, 3.8) is 0 Å². The number of hydrogen-bond acceptors (Lipinski definition) is 4. The minimum absolute atomic E-state index is 0. The highest BCUT2D eigenvalue weighted by molar-refractivity contribution is 6.04. The maximum atomic E-state index is 12.6. The lowest BCUT2D eigenvalue weighted by Crippen LogP contribution is -2.40. The number of para-hydroxylation sites is 1. The molecule has 6 nitrogen and oxygen atoms in total. The van der Waals surface area contributed by atoms with Gasteiger partial charge in [-0.2, -0.15) is 0 Å². The number of amides is 2. The van der Waals surface area contributed by atoms with Gasteiger partial charge in [-0.25, -0.2) is 0 Å². The first-order valence-electron chi connectivity index (χ1n) is 8.94. The SMILES string of the molecule is C[C@H]1C[C@@H](C(=O)Nc2ccccc2C(=O)NCc2cccnc2)CCN1.Cl.Cl. The fourth-order valence-electron chi connectivity index (χ4n) is 3.18. The average Bonchev–Trinajstić information content (AvgIpc) is 2.67. The third kappa shape index (κ3) is 6.48. The van der Waals surface area contributed by atoms with Crippen molar-refractivity contribution in [1.82, 2.24) is 15.6 Å². The molecule has 2 atom stereocenters. The van der Waals surface area contributed by atoms with Crippen LogP contribution in [0, 0.1) is 5.92 Å². The zero-order valence-corrected chi connectivity index (χ0v) is 17.3. The first-order valence-corrected chi connectivity index (χ1v) is 8.94. The summed E-state index contributed by atoms with van der Waals surface area (Å²) in [6.45, 7) is 3.31. The van der Waals surface area contributed by atoms with E-state index in [2.05, 4.69) is 27.9 Å². The van der Waals surface area contributed by atoms with E-state index < -0.39 is 0 Å². The Bertz CT molecular complexity index is 774. The summed E-state index contributed by atoms with van der Waals surface area (Å²) < 4.78 is 0. The second-order valence-electron chi connectivity index (χ2n) is 6.66. The van der Waals surface area contributed by atoms with Gasteiger partial charge in [0.15, 0.2) is 0 Å². The predicted octanol–water partition coefficient (Wildman–Crippen LogP) is 3.18. The molecule has 8 heteroatoms. The second kappa shape index (κ2) is 11.6. The van der Waals surface area contributed by atoms with Gasteiger partial charge in [0.05, 0.1) is 11.3 Å². The van der Waals surface area contributed by atoms with E-state index in [9.17, 15) is 9.59 Å². The number of piperidine rings is 1. The van der Waals surface area contributed by atoms with Gasteiger partial charge in [-0.15, -0.1) is 24.8 Å².